The average molecular weight is 149 g/mol. The predicted octanol–water partition coefficient (Wildman–Crippen LogP) is 2.67. The first-order valence-electron chi connectivity index (χ1n) is 4.02. The van der Waals surface area contributed by atoms with Gasteiger partial charge in [-0.15, -0.1) is 0 Å². The Morgan fingerprint density at radius 1 is 1.55 bits per heavy atom. The summed E-state index contributed by atoms with van der Waals surface area (Å²) in [5.74, 6) is 0.918. The van der Waals surface area contributed by atoms with Gasteiger partial charge < -0.3 is 4.74 Å². The van der Waals surface area contributed by atoms with Crippen LogP contribution in [0.3, 0.4) is 0 Å². The van der Waals surface area contributed by atoms with Crippen LogP contribution in [-0.4, -0.2) is 6.61 Å². The number of ether oxygens (including phenoxy) is 1. The fourth-order valence-corrected chi connectivity index (χ4v) is 0.801. The van der Waals surface area contributed by atoms with E-state index in [9.17, 15) is 0 Å². The maximum absolute atomic E-state index is 5.42. The quantitative estimate of drug-likeness (QED) is 0.598. The second-order valence-electron chi connectivity index (χ2n) is 2.44. The monoisotopic (exact) mass is 149 g/mol. The minimum Gasteiger partial charge on any atom is -0.494 e. The van der Waals surface area contributed by atoms with E-state index < -0.39 is 0 Å². The minimum atomic E-state index is 0.814. The molecule has 0 aromatic heterocycles. The highest BCUT2D eigenvalue weighted by molar-refractivity contribution is 5.19. The predicted molar refractivity (Wildman–Crippen MR) is 45.7 cm³/mol. The molecule has 1 radical (unpaired) electrons. The maximum atomic E-state index is 5.42. The fraction of sp³-hybridized carbons (Fsp3) is 0.400. The smallest absolute Gasteiger partial charge is 0.119 e. The Morgan fingerprint density at radius 2 is 2.45 bits per heavy atom. The first kappa shape index (κ1) is 8.12. The largest absolute Gasteiger partial charge is 0.494 e. The van der Waals surface area contributed by atoms with Crippen LogP contribution in [0, 0.1) is 6.07 Å². The van der Waals surface area contributed by atoms with E-state index in [0.29, 0.717) is 0 Å². The lowest BCUT2D eigenvalue weighted by molar-refractivity contribution is 0.309. The van der Waals surface area contributed by atoms with Gasteiger partial charge in [-0.1, -0.05) is 25.5 Å². The molecule has 0 saturated heterocycles. The summed E-state index contributed by atoms with van der Waals surface area (Å²) in [6.07, 6.45) is 2.30. The molecule has 0 amide bonds. The normalized spacial score (nSPS) is 9.55. The molecule has 0 aliphatic heterocycles. The van der Waals surface area contributed by atoms with Crippen LogP contribution in [0.1, 0.15) is 19.8 Å². The van der Waals surface area contributed by atoms with Gasteiger partial charge in [0.25, 0.3) is 0 Å². The topological polar surface area (TPSA) is 9.23 Å². The van der Waals surface area contributed by atoms with E-state index >= 15 is 0 Å². The molecule has 11 heavy (non-hydrogen) atoms. The van der Waals surface area contributed by atoms with Gasteiger partial charge in [-0.3, -0.25) is 0 Å². The number of hydrogen-bond acceptors (Lipinski definition) is 1. The fourth-order valence-electron chi connectivity index (χ4n) is 0.801. The van der Waals surface area contributed by atoms with Gasteiger partial charge in [0.1, 0.15) is 5.75 Å². The molecule has 1 aromatic carbocycles. The summed E-state index contributed by atoms with van der Waals surface area (Å²) in [6.45, 7) is 2.97. The van der Waals surface area contributed by atoms with Crippen molar-refractivity contribution in [1.82, 2.24) is 0 Å². The SMILES string of the molecule is CCCCOc1c[c]ccc1. The molecular formula is C10H13O. The Balaban J connectivity index is 2.28. The van der Waals surface area contributed by atoms with Crippen molar-refractivity contribution in [2.45, 2.75) is 19.8 Å². The summed E-state index contributed by atoms with van der Waals surface area (Å²) >= 11 is 0. The number of hydrogen-bond donors (Lipinski definition) is 0. The van der Waals surface area contributed by atoms with Crippen molar-refractivity contribution < 1.29 is 4.74 Å². The lowest BCUT2D eigenvalue weighted by atomic mass is 10.3. The van der Waals surface area contributed by atoms with Crippen molar-refractivity contribution in [3.05, 3.63) is 30.3 Å². The lowest BCUT2D eigenvalue weighted by Crippen LogP contribution is -1.95. The van der Waals surface area contributed by atoms with E-state index in [1.54, 1.807) is 0 Å². The van der Waals surface area contributed by atoms with Crippen molar-refractivity contribution in [3.63, 3.8) is 0 Å². The molecule has 0 aliphatic carbocycles. The molecule has 1 nitrogen and oxygen atoms in total. The molecular weight excluding hydrogens is 136 g/mol. The van der Waals surface area contributed by atoms with E-state index in [2.05, 4.69) is 13.0 Å². The van der Waals surface area contributed by atoms with E-state index in [1.165, 1.54) is 6.42 Å². The van der Waals surface area contributed by atoms with Crippen molar-refractivity contribution >= 4 is 0 Å². The van der Waals surface area contributed by atoms with Gasteiger partial charge in [0.2, 0.25) is 0 Å². The summed E-state index contributed by atoms with van der Waals surface area (Å²) in [4.78, 5) is 0. The molecule has 1 aromatic rings. The van der Waals surface area contributed by atoms with Crippen molar-refractivity contribution in [1.29, 1.82) is 0 Å². The number of rotatable bonds is 4. The Bertz CT molecular complexity index is 181. The summed E-state index contributed by atoms with van der Waals surface area (Å²) in [7, 11) is 0. The van der Waals surface area contributed by atoms with Gasteiger partial charge in [-0.05, 0) is 24.6 Å². The first-order chi connectivity index (χ1) is 5.43. The second kappa shape index (κ2) is 4.78. The van der Waals surface area contributed by atoms with Crippen molar-refractivity contribution in [2.75, 3.05) is 6.61 Å². The molecule has 0 fully saturated rings. The number of unbranched alkanes of at least 4 members (excludes halogenated alkanes) is 1. The third-order valence-electron chi connectivity index (χ3n) is 1.45. The summed E-state index contributed by atoms with van der Waals surface area (Å²) in [5, 5.41) is 0. The van der Waals surface area contributed by atoms with Gasteiger partial charge in [-0.25, -0.2) is 0 Å². The van der Waals surface area contributed by atoms with Crippen LogP contribution >= 0.6 is 0 Å². The third-order valence-corrected chi connectivity index (χ3v) is 1.45. The Morgan fingerprint density at radius 3 is 3.09 bits per heavy atom. The van der Waals surface area contributed by atoms with Gasteiger partial charge in [-0.2, -0.15) is 0 Å². The van der Waals surface area contributed by atoms with E-state index in [-0.39, 0.29) is 0 Å². The molecule has 1 rings (SSSR count). The highest BCUT2D eigenvalue weighted by Gasteiger charge is 1.88. The lowest BCUT2D eigenvalue weighted by Gasteiger charge is -2.02. The molecule has 0 aliphatic rings. The Labute approximate surface area is 68.0 Å². The van der Waals surface area contributed by atoms with Crippen LogP contribution < -0.4 is 4.74 Å². The van der Waals surface area contributed by atoms with Gasteiger partial charge in [0, 0.05) is 0 Å². The zero-order chi connectivity index (χ0) is 7.94. The molecule has 0 saturated carbocycles. The van der Waals surface area contributed by atoms with Crippen LogP contribution in [0.15, 0.2) is 24.3 Å². The van der Waals surface area contributed by atoms with Crippen LogP contribution in [0.4, 0.5) is 0 Å². The summed E-state index contributed by atoms with van der Waals surface area (Å²) < 4.78 is 5.42. The molecule has 59 valence electrons. The Hall–Kier alpha value is -0.980. The zero-order valence-electron chi connectivity index (χ0n) is 6.84. The van der Waals surface area contributed by atoms with Crippen molar-refractivity contribution in [3.8, 4) is 5.75 Å². The van der Waals surface area contributed by atoms with E-state index in [1.807, 2.05) is 24.3 Å². The molecule has 0 N–H and O–H groups in total. The zero-order valence-corrected chi connectivity index (χ0v) is 6.84. The standard InChI is InChI=1S/C10H13O/c1-2-3-9-11-10-7-5-4-6-8-10/h4-5,7-8H,2-3,9H2,1H3. The Kier molecular flexibility index (Phi) is 3.53. The summed E-state index contributed by atoms with van der Waals surface area (Å²) in [5.41, 5.74) is 0. The van der Waals surface area contributed by atoms with Gasteiger partial charge in [0.15, 0.2) is 0 Å². The number of benzene rings is 1. The van der Waals surface area contributed by atoms with Gasteiger partial charge >= 0.3 is 0 Å². The molecule has 1 heteroatoms. The van der Waals surface area contributed by atoms with Crippen LogP contribution in [0.2, 0.25) is 0 Å². The minimum absolute atomic E-state index is 0.814. The summed E-state index contributed by atoms with van der Waals surface area (Å²) in [6, 6.07) is 10.6. The van der Waals surface area contributed by atoms with Crippen LogP contribution in [0.5, 0.6) is 5.75 Å². The highest BCUT2D eigenvalue weighted by atomic mass is 16.5. The van der Waals surface area contributed by atoms with Crippen LogP contribution in [-0.2, 0) is 0 Å². The van der Waals surface area contributed by atoms with E-state index in [0.717, 1.165) is 18.8 Å². The second-order valence-corrected chi connectivity index (χ2v) is 2.44. The van der Waals surface area contributed by atoms with Crippen LogP contribution in [0.25, 0.3) is 0 Å². The van der Waals surface area contributed by atoms with Gasteiger partial charge in [0.05, 0.1) is 6.61 Å². The van der Waals surface area contributed by atoms with Crippen molar-refractivity contribution in [2.24, 2.45) is 0 Å². The molecule has 0 heterocycles. The molecule has 0 unspecified atom stereocenters. The average Bonchev–Trinajstić information content (AvgIpc) is 2.07. The molecule has 0 spiro atoms. The molecule has 0 bridgehead atoms. The first-order valence-corrected chi connectivity index (χ1v) is 4.02. The third kappa shape index (κ3) is 3.08. The highest BCUT2D eigenvalue weighted by Crippen LogP contribution is 2.07. The maximum Gasteiger partial charge on any atom is 0.119 e. The van der Waals surface area contributed by atoms with E-state index in [4.69, 9.17) is 4.74 Å². The molecule has 0 atom stereocenters.